The van der Waals surface area contributed by atoms with Gasteiger partial charge in [0.05, 0.1) is 11.7 Å². The molecule has 24 heavy (non-hydrogen) atoms. The van der Waals surface area contributed by atoms with E-state index in [1.54, 1.807) is 6.92 Å². The largest absolute Gasteiger partial charge is 0.445 e. The van der Waals surface area contributed by atoms with E-state index in [9.17, 15) is 4.79 Å². The number of hydrogen-bond donors (Lipinski definition) is 2. The van der Waals surface area contributed by atoms with Crippen molar-refractivity contribution in [3.8, 4) is 0 Å². The normalized spacial score (nSPS) is 12.3. The van der Waals surface area contributed by atoms with Crippen LogP contribution >= 0.6 is 0 Å². The molecule has 0 saturated heterocycles. The lowest BCUT2D eigenvalue weighted by molar-refractivity contribution is 0.138. The van der Waals surface area contributed by atoms with Gasteiger partial charge in [0, 0.05) is 0 Å². The number of hydrogen-bond acceptors (Lipinski definition) is 3. The lowest BCUT2D eigenvalue weighted by Crippen LogP contribution is -2.42. The second-order valence-corrected chi connectivity index (χ2v) is 5.28. The molecular formula is C19H21N3O2. The van der Waals surface area contributed by atoms with Crippen molar-refractivity contribution in [3.05, 3.63) is 78.4 Å². The van der Waals surface area contributed by atoms with Crippen molar-refractivity contribution in [2.75, 3.05) is 0 Å². The lowest BCUT2D eigenvalue weighted by atomic mass is 10.2. The molecule has 3 N–H and O–H groups in total. The zero-order chi connectivity index (χ0) is 17.4. The van der Waals surface area contributed by atoms with Gasteiger partial charge in [0.2, 0.25) is 0 Å². The molecule has 5 nitrogen and oxygen atoms in total. The van der Waals surface area contributed by atoms with Gasteiger partial charge >= 0.3 is 6.09 Å². The first-order valence-corrected chi connectivity index (χ1v) is 7.62. The van der Waals surface area contributed by atoms with Gasteiger partial charge in [-0.2, -0.15) is 0 Å². The summed E-state index contributed by atoms with van der Waals surface area (Å²) in [6, 6.07) is 18.5. The Kier molecular flexibility index (Phi) is 6.14. The van der Waals surface area contributed by atoms with Crippen molar-refractivity contribution in [2.45, 2.75) is 19.6 Å². The van der Waals surface area contributed by atoms with Crippen LogP contribution in [0, 0.1) is 0 Å². The molecule has 1 atom stereocenters. The summed E-state index contributed by atoms with van der Waals surface area (Å²) in [4.78, 5) is 16.1. The Morgan fingerprint density at radius 1 is 1.17 bits per heavy atom. The second kappa shape index (κ2) is 8.53. The van der Waals surface area contributed by atoms with Gasteiger partial charge in [0.1, 0.15) is 12.4 Å². The van der Waals surface area contributed by atoms with E-state index < -0.39 is 12.1 Å². The molecule has 0 aliphatic heterocycles. The minimum atomic E-state index is -0.546. The number of nitrogens with zero attached hydrogens (tertiary/aromatic N) is 1. The average Bonchev–Trinajstić information content (AvgIpc) is 2.61. The van der Waals surface area contributed by atoms with Crippen LogP contribution in [0.15, 0.2) is 72.2 Å². The predicted octanol–water partition coefficient (Wildman–Crippen LogP) is 3.33. The van der Waals surface area contributed by atoms with Crippen molar-refractivity contribution in [1.29, 1.82) is 0 Å². The fourth-order valence-corrected chi connectivity index (χ4v) is 1.96. The van der Waals surface area contributed by atoms with Crippen LogP contribution in [0.4, 0.5) is 4.79 Å². The Labute approximate surface area is 141 Å². The molecular weight excluding hydrogens is 302 g/mol. The van der Waals surface area contributed by atoms with Gasteiger partial charge in [-0.3, -0.25) is 0 Å². The summed E-state index contributed by atoms with van der Waals surface area (Å²) in [6.07, 6.45) is -0.546. The number of amidine groups is 1. The van der Waals surface area contributed by atoms with Gasteiger partial charge in [-0.05, 0) is 18.1 Å². The Bertz CT molecular complexity index is 712. The summed E-state index contributed by atoms with van der Waals surface area (Å²) in [5.74, 6) is 0.264. The topological polar surface area (TPSA) is 76.7 Å². The lowest BCUT2D eigenvalue weighted by Gasteiger charge is -2.14. The van der Waals surface area contributed by atoms with Crippen LogP contribution in [0.25, 0.3) is 5.70 Å². The summed E-state index contributed by atoms with van der Waals surface area (Å²) < 4.78 is 5.16. The standard InChI is InChI=1S/C19H21N3O2/c1-14(17-11-7-4-8-12-17)21-18(20)15(2)22-19(23)24-13-16-9-5-3-6-10-16/h3-12,15H,1,13H2,2H3,(H2,20,21)(H,22,23). The minimum absolute atomic E-state index is 0.202. The highest BCUT2D eigenvalue weighted by Crippen LogP contribution is 2.12. The number of amides is 1. The van der Waals surface area contributed by atoms with E-state index in [1.165, 1.54) is 0 Å². The monoisotopic (exact) mass is 323 g/mol. The first-order chi connectivity index (χ1) is 11.6. The summed E-state index contributed by atoms with van der Waals surface area (Å²) in [6.45, 7) is 5.83. The number of benzene rings is 2. The van der Waals surface area contributed by atoms with Gasteiger partial charge in [-0.15, -0.1) is 0 Å². The van der Waals surface area contributed by atoms with E-state index in [-0.39, 0.29) is 12.4 Å². The third kappa shape index (κ3) is 5.28. The molecule has 0 fully saturated rings. The number of rotatable bonds is 6. The number of aliphatic imine (C=N–C) groups is 1. The first-order valence-electron chi connectivity index (χ1n) is 7.62. The number of carbonyl (C=O) groups excluding carboxylic acids is 1. The molecule has 0 aromatic heterocycles. The van der Waals surface area contributed by atoms with Gasteiger partial charge in [-0.25, -0.2) is 9.79 Å². The average molecular weight is 323 g/mol. The van der Waals surface area contributed by atoms with E-state index >= 15 is 0 Å². The molecule has 2 rings (SSSR count). The maximum absolute atomic E-state index is 11.8. The van der Waals surface area contributed by atoms with Crippen LogP contribution in [-0.2, 0) is 11.3 Å². The van der Waals surface area contributed by atoms with E-state index in [4.69, 9.17) is 10.5 Å². The molecule has 1 amide bonds. The number of carbonyl (C=O) groups is 1. The van der Waals surface area contributed by atoms with E-state index in [0.29, 0.717) is 5.70 Å². The Balaban J connectivity index is 1.86. The molecule has 0 saturated carbocycles. The molecule has 0 spiro atoms. The number of alkyl carbamates (subject to hydrolysis) is 1. The van der Waals surface area contributed by atoms with Gasteiger partial charge < -0.3 is 15.8 Å². The third-order valence-corrected chi connectivity index (χ3v) is 3.36. The zero-order valence-corrected chi connectivity index (χ0v) is 13.6. The second-order valence-electron chi connectivity index (χ2n) is 5.28. The Hall–Kier alpha value is -3.08. The van der Waals surface area contributed by atoms with Crippen LogP contribution in [0.2, 0.25) is 0 Å². The summed E-state index contributed by atoms with van der Waals surface area (Å²) in [5.41, 5.74) is 8.26. The molecule has 1 unspecified atom stereocenters. The highest BCUT2D eigenvalue weighted by atomic mass is 16.5. The maximum Gasteiger partial charge on any atom is 0.408 e. The summed E-state index contributed by atoms with van der Waals surface area (Å²) in [7, 11) is 0. The maximum atomic E-state index is 11.8. The number of nitrogens with one attached hydrogen (secondary N) is 1. The first kappa shape index (κ1) is 17.3. The highest BCUT2D eigenvalue weighted by Gasteiger charge is 2.12. The van der Waals surface area contributed by atoms with Crippen LogP contribution in [0.3, 0.4) is 0 Å². The minimum Gasteiger partial charge on any atom is -0.445 e. The van der Waals surface area contributed by atoms with Crippen LogP contribution in [0.5, 0.6) is 0 Å². The van der Waals surface area contributed by atoms with E-state index in [2.05, 4.69) is 16.9 Å². The van der Waals surface area contributed by atoms with Crippen molar-refractivity contribution in [3.63, 3.8) is 0 Å². The summed E-state index contributed by atoms with van der Waals surface area (Å²) in [5, 5.41) is 2.65. The van der Waals surface area contributed by atoms with Crippen molar-refractivity contribution >= 4 is 17.6 Å². The molecule has 2 aromatic rings. The number of nitrogens with two attached hydrogens (primary N) is 1. The van der Waals surface area contributed by atoms with Crippen molar-refractivity contribution < 1.29 is 9.53 Å². The van der Waals surface area contributed by atoms with Crippen molar-refractivity contribution in [2.24, 2.45) is 10.7 Å². The Morgan fingerprint density at radius 2 is 1.75 bits per heavy atom. The van der Waals surface area contributed by atoms with E-state index in [0.717, 1.165) is 11.1 Å². The molecule has 5 heteroatoms. The molecule has 2 aromatic carbocycles. The van der Waals surface area contributed by atoms with Gasteiger partial charge in [-0.1, -0.05) is 67.2 Å². The smallest absolute Gasteiger partial charge is 0.408 e. The van der Waals surface area contributed by atoms with E-state index in [1.807, 2.05) is 60.7 Å². The van der Waals surface area contributed by atoms with Crippen LogP contribution < -0.4 is 11.1 Å². The fraction of sp³-hybridized carbons (Fsp3) is 0.158. The number of ether oxygens (including phenoxy) is 1. The van der Waals surface area contributed by atoms with Crippen molar-refractivity contribution in [1.82, 2.24) is 5.32 Å². The third-order valence-electron chi connectivity index (χ3n) is 3.36. The molecule has 0 heterocycles. The molecule has 0 aliphatic rings. The SMILES string of the molecule is C=C(N=C(N)C(C)NC(=O)OCc1ccccc1)c1ccccc1. The molecule has 0 bridgehead atoms. The van der Waals surface area contributed by atoms with Crippen LogP contribution in [-0.4, -0.2) is 18.0 Å². The Morgan fingerprint density at radius 3 is 2.38 bits per heavy atom. The van der Waals surface area contributed by atoms with Gasteiger partial charge in [0.25, 0.3) is 0 Å². The van der Waals surface area contributed by atoms with Gasteiger partial charge in [0.15, 0.2) is 0 Å². The molecule has 0 radical (unpaired) electrons. The quantitative estimate of drug-likeness (QED) is 0.632. The predicted molar refractivity (Wildman–Crippen MR) is 96.3 cm³/mol. The summed E-state index contributed by atoms with van der Waals surface area (Å²) >= 11 is 0. The van der Waals surface area contributed by atoms with Crippen LogP contribution in [0.1, 0.15) is 18.1 Å². The zero-order valence-electron chi connectivity index (χ0n) is 13.6. The molecule has 0 aliphatic carbocycles. The highest BCUT2D eigenvalue weighted by molar-refractivity contribution is 5.92. The molecule has 124 valence electrons. The fourth-order valence-electron chi connectivity index (χ4n) is 1.96.